The molecule has 0 N–H and O–H groups in total. The molecule has 1 atom stereocenters. The normalized spacial score (nSPS) is 18.4. The summed E-state index contributed by atoms with van der Waals surface area (Å²) in [6.45, 7) is 2.12. The molecule has 0 aromatic carbocycles. The van der Waals surface area contributed by atoms with Crippen LogP contribution in [0.3, 0.4) is 0 Å². The smallest absolute Gasteiger partial charge is 0.242 e. The summed E-state index contributed by atoms with van der Waals surface area (Å²) in [5.41, 5.74) is -2.45. The Hall–Kier alpha value is -0.990. The second-order valence-electron chi connectivity index (χ2n) is 4.16. The van der Waals surface area contributed by atoms with Crippen LogP contribution in [0.1, 0.15) is 11.2 Å². The number of anilines is 1. The van der Waals surface area contributed by atoms with E-state index in [1.807, 2.05) is 0 Å². The van der Waals surface area contributed by atoms with Crippen molar-refractivity contribution in [2.45, 2.75) is 5.50 Å². The molecule has 0 aliphatic carbocycles. The molecule has 0 saturated carbocycles. The highest BCUT2D eigenvalue weighted by Crippen LogP contribution is 2.25. The van der Waals surface area contributed by atoms with Gasteiger partial charge < -0.3 is 9.64 Å². The molecule has 0 bridgehead atoms. The van der Waals surface area contributed by atoms with Crippen LogP contribution < -0.4 is 4.90 Å². The number of sulfone groups is 1. The lowest BCUT2D eigenvalue weighted by molar-refractivity contribution is 0.122. The maximum Gasteiger partial charge on any atom is 0.242 e. The first-order valence-electron chi connectivity index (χ1n) is 5.58. The van der Waals surface area contributed by atoms with Crippen LogP contribution in [0.2, 0.25) is 5.15 Å². The van der Waals surface area contributed by atoms with E-state index in [2.05, 4.69) is 9.97 Å². The van der Waals surface area contributed by atoms with Crippen molar-refractivity contribution in [3.05, 3.63) is 16.9 Å². The Morgan fingerprint density at radius 3 is 2.63 bits per heavy atom. The number of alkyl halides is 1. The Balaban J connectivity index is 2.34. The number of ether oxygens (including phenoxy) is 1. The van der Waals surface area contributed by atoms with E-state index < -0.39 is 15.3 Å². The van der Waals surface area contributed by atoms with Gasteiger partial charge in [-0.25, -0.2) is 22.8 Å². The quantitative estimate of drug-likeness (QED) is 0.775. The summed E-state index contributed by atoms with van der Waals surface area (Å²) in [5, 5.41) is 0.0118. The number of hydrogen-bond acceptors (Lipinski definition) is 6. The Labute approximate surface area is 115 Å². The van der Waals surface area contributed by atoms with Crippen molar-refractivity contribution in [3.63, 3.8) is 0 Å². The zero-order chi connectivity index (χ0) is 14.0. The minimum Gasteiger partial charge on any atom is -0.378 e. The number of nitrogens with zero attached hydrogens (tertiary/aromatic N) is 3. The first kappa shape index (κ1) is 14.4. The molecular formula is C10H13ClFN3O3S. The number of rotatable bonds is 3. The molecule has 106 valence electrons. The maximum atomic E-state index is 13.8. The number of morpholine rings is 1. The van der Waals surface area contributed by atoms with E-state index in [9.17, 15) is 12.8 Å². The van der Waals surface area contributed by atoms with Crippen LogP contribution in [0.4, 0.5) is 10.3 Å². The highest BCUT2D eigenvalue weighted by Gasteiger charge is 2.26. The summed E-state index contributed by atoms with van der Waals surface area (Å²) in [4.78, 5) is 9.70. The van der Waals surface area contributed by atoms with Gasteiger partial charge in [-0.05, 0) is 0 Å². The van der Waals surface area contributed by atoms with Gasteiger partial charge in [-0.1, -0.05) is 11.6 Å². The van der Waals surface area contributed by atoms with Crippen molar-refractivity contribution in [2.24, 2.45) is 0 Å². The SMILES string of the molecule is CS(=O)(=O)C(F)c1cc(Cl)nc(N2CCOCC2)n1. The number of halogens is 2. The molecule has 1 saturated heterocycles. The van der Waals surface area contributed by atoms with Gasteiger partial charge in [0.05, 0.1) is 18.9 Å². The molecule has 1 aromatic rings. The summed E-state index contributed by atoms with van der Waals surface area (Å²) in [6, 6.07) is 1.12. The lowest BCUT2D eigenvalue weighted by Crippen LogP contribution is -2.37. The largest absolute Gasteiger partial charge is 0.378 e. The van der Waals surface area contributed by atoms with Gasteiger partial charge in [-0.3, -0.25) is 0 Å². The number of hydrogen-bond donors (Lipinski definition) is 0. The van der Waals surface area contributed by atoms with E-state index in [1.54, 1.807) is 4.90 Å². The summed E-state index contributed by atoms with van der Waals surface area (Å²) >= 11 is 5.79. The molecule has 1 unspecified atom stereocenters. The standard InChI is InChI=1S/C10H13ClFN3O3S/c1-19(16,17)9(12)7-6-8(11)14-10(13-7)15-2-4-18-5-3-15/h6,9H,2-5H2,1H3. The minimum absolute atomic E-state index is 0.0118. The van der Waals surface area contributed by atoms with Gasteiger partial charge in [-0.15, -0.1) is 0 Å². The predicted octanol–water partition coefficient (Wildman–Crippen LogP) is 0.979. The van der Waals surface area contributed by atoms with Gasteiger partial charge in [0.25, 0.3) is 0 Å². The molecule has 9 heteroatoms. The van der Waals surface area contributed by atoms with Crippen molar-refractivity contribution in [3.8, 4) is 0 Å². The first-order valence-corrected chi connectivity index (χ1v) is 7.91. The van der Waals surface area contributed by atoms with Gasteiger partial charge >= 0.3 is 0 Å². The third kappa shape index (κ3) is 3.52. The molecule has 0 spiro atoms. The van der Waals surface area contributed by atoms with Crippen LogP contribution in [0.5, 0.6) is 0 Å². The molecule has 0 amide bonds. The topological polar surface area (TPSA) is 72.4 Å². The van der Waals surface area contributed by atoms with Gasteiger partial charge in [0.2, 0.25) is 11.5 Å². The van der Waals surface area contributed by atoms with Crippen molar-refractivity contribution in [1.82, 2.24) is 9.97 Å². The highest BCUT2D eigenvalue weighted by atomic mass is 35.5. The molecular weight excluding hydrogens is 297 g/mol. The highest BCUT2D eigenvalue weighted by molar-refractivity contribution is 7.90. The van der Waals surface area contributed by atoms with Gasteiger partial charge in [0.15, 0.2) is 9.84 Å². The third-order valence-corrected chi connectivity index (χ3v) is 3.79. The molecule has 2 rings (SSSR count). The molecule has 6 nitrogen and oxygen atoms in total. The van der Waals surface area contributed by atoms with Gasteiger partial charge in [0.1, 0.15) is 5.15 Å². The third-order valence-electron chi connectivity index (χ3n) is 2.61. The lowest BCUT2D eigenvalue weighted by Gasteiger charge is -2.27. The Morgan fingerprint density at radius 2 is 2.05 bits per heavy atom. The van der Waals surface area contributed by atoms with Crippen molar-refractivity contribution in [2.75, 3.05) is 37.5 Å². The van der Waals surface area contributed by atoms with E-state index in [0.29, 0.717) is 26.3 Å². The fourth-order valence-corrected chi connectivity index (χ4v) is 2.41. The summed E-state index contributed by atoms with van der Waals surface area (Å²) in [7, 11) is -3.88. The molecule has 1 aliphatic heterocycles. The Bertz CT molecular complexity index is 563. The van der Waals surface area contributed by atoms with E-state index >= 15 is 0 Å². The molecule has 0 radical (unpaired) electrons. The van der Waals surface area contributed by atoms with Crippen molar-refractivity contribution in [1.29, 1.82) is 0 Å². The van der Waals surface area contributed by atoms with Crippen LogP contribution >= 0.6 is 11.6 Å². The second kappa shape index (κ2) is 5.56. The first-order chi connectivity index (χ1) is 8.88. The number of aromatic nitrogens is 2. The van der Waals surface area contributed by atoms with E-state index in [4.69, 9.17) is 16.3 Å². The summed E-state index contributed by atoms with van der Waals surface area (Å²) in [5.74, 6) is 0.220. The monoisotopic (exact) mass is 309 g/mol. The van der Waals surface area contributed by atoms with Crippen molar-refractivity contribution >= 4 is 27.4 Å². The van der Waals surface area contributed by atoms with Crippen LogP contribution in [0.15, 0.2) is 6.07 Å². The Kier molecular flexibility index (Phi) is 4.22. The summed E-state index contributed by atoms with van der Waals surface area (Å²) < 4.78 is 41.4. The summed E-state index contributed by atoms with van der Waals surface area (Å²) in [6.07, 6.45) is 0.808. The van der Waals surface area contributed by atoms with Crippen LogP contribution in [-0.4, -0.2) is 50.9 Å². The molecule has 1 aromatic heterocycles. The molecule has 19 heavy (non-hydrogen) atoms. The van der Waals surface area contributed by atoms with Crippen LogP contribution in [0.25, 0.3) is 0 Å². The zero-order valence-corrected chi connectivity index (χ0v) is 11.8. The lowest BCUT2D eigenvalue weighted by atomic mass is 10.4. The minimum atomic E-state index is -3.88. The molecule has 2 heterocycles. The average molecular weight is 310 g/mol. The Morgan fingerprint density at radius 1 is 1.42 bits per heavy atom. The maximum absolute atomic E-state index is 13.8. The average Bonchev–Trinajstić information content (AvgIpc) is 2.37. The van der Waals surface area contributed by atoms with Crippen LogP contribution in [-0.2, 0) is 14.6 Å². The fourth-order valence-electron chi connectivity index (χ4n) is 1.66. The molecule has 1 aliphatic rings. The van der Waals surface area contributed by atoms with E-state index in [1.165, 1.54) is 0 Å². The van der Waals surface area contributed by atoms with E-state index in [-0.39, 0.29) is 16.8 Å². The van der Waals surface area contributed by atoms with Gasteiger partial charge in [-0.2, -0.15) is 0 Å². The van der Waals surface area contributed by atoms with Gasteiger partial charge in [0, 0.05) is 25.4 Å². The fraction of sp³-hybridized carbons (Fsp3) is 0.600. The second-order valence-corrected chi connectivity index (χ2v) is 6.62. The molecule has 1 fully saturated rings. The van der Waals surface area contributed by atoms with E-state index in [0.717, 1.165) is 12.3 Å². The van der Waals surface area contributed by atoms with Crippen LogP contribution in [0, 0.1) is 0 Å². The predicted molar refractivity (Wildman–Crippen MR) is 68.8 cm³/mol. The zero-order valence-electron chi connectivity index (χ0n) is 10.2. The van der Waals surface area contributed by atoms with Crippen molar-refractivity contribution < 1.29 is 17.5 Å².